The van der Waals surface area contributed by atoms with Crippen LogP contribution in [0.5, 0.6) is 0 Å². The van der Waals surface area contributed by atoms with Crippen LogP contribution in [-0.4, -0.2) is 65.6 Å². The molecule has 1 aromatic carbocycles. The normalized spacial score (nSPS) is 26.2. The zero-order chi connectivity index (χ0) is 19.3. The molecule has 2 aliphatic rings. The Morgan fingerprint density at radius 1 is 1.29 bits per heavy atom. The van der Waals surface area contributed by atoms with E-state index in [0.717, 1.165) is 58.0 Å². The summed E-state index contributed by atoms with van der Waals surface area (Å²) < 4.78 is 22.4. The van der Waals surface area contributed by atoms with Crippen LogP contribution in [-0.2, 0) is 11.3 Å². The van der Waals surface area contributed by atoms with Crippen LogP contribution in [0.4, 0.5) is 4.39 Å². The first-order valence-electron chi connectivity index (χ1n) is 10.2. The minimum absolute atomic E-state index is 0.132. The van der Waals surface area contributed by atoms with Gasteiger partial charge in [-0.15, -0.1) is 5.10 Å². The molecule has 0 radical (unpaired) electrons. The molecule has 4 rings (SSSR count). The predicted molar refractivity (Wildman–Crippen MR) is 101 cm³/mol. The van der Waals surface area contributed by atoms with Crippen LogP contribution in [0.1, 0.15) is 30.3 Å². The first-order chi connectivity index (χ1) is 13.8. The van der Waals surface area contributed by atoms with E-state index in [-0.39, 0.29) is 18.0 Å². The van der Waals surface area contributed by atoms with E-state index in [1.54, 1.807) is 6.07 Å². The molecule has 0 bridgehead atoms. The van der Waals surface area contributed by atoms with E-state index in [0.29, 0.717) is 12.1 Å². The molecule has 2 aromatic rings. The quantitative estimate of drug-likeness (QED) is 0.601. The van der Waals surface area contributed by atoms with Gasteiger partial charge in [0.1, 0.15) is 32.0 Å². The fourth-order valence-corrected chi connectivity index (χ4v) is 4.40. The van der Waals surface area contributed by atoms with E-state index in [1.807, 2.05) is 22.9 Å². The van der Waals surface area contributed by atoms with Crippen molar-refractivity contribution in [3.8, 4) is 0 Å². The summed E-state index contributed by atoms with van der Waals surface area (Å²) in [6, 6.07) is 6.78. The van der Waals surface area contributed by atoms with E-state index in [4.69, 9.17) is 4.74 Å². The average Bonchev–Trinajstić information content (AvgIpc) is 3.38. The maximum Gasteiger partial charge on any atom is 0.214 e. The van der Waals surface area contributed by atoms with E-state index in [2.05, 4.69) is 22.1 Å². The minimum Gasteiger partial charge on any atom is -0.376 e. The Labute approximate surface area is 164 Å². The van der Waals surface area contributed by atoms with Gasteiger partial charge in [-0.2, -0.15) is 0 Å². The van der Waals surface area contributed by atoms with Gasteiger partial charge < -0.3 is 14.5 Å². The van der Waals surface area contributed by atoms with Crippen molar-refractivity contribution < 1.29 is 18.9 Å². The van der Waals surface area contributed by atoms with Gasteiger partial charge in [0.25, 0.3) is 0 Å². The summed E-state index contributed by atoms with van der Waals surface area (Å²) in [5.74, 6) is 0.523. The third kappa shape index (κ3) is 4.14. The van der Waals surface area contributed by atoms with Gasteiger partial charge in [-0.1, -0.05) is 18.7 Å². The molecule has 2 N–H and O–H groups in total. The van der Waals surface area contributed by atoms with Gasteiger partial charge in [0.2, 0.25) is 5.82 Å². The zero-order valence-electron chi connectivity index (χ0n) is 16.2. The van der Waals surface area contributed by atoms with Gasteiger partial charge in [0.15, 0.2) is 6.04 Å². The first kappa shape index (κ1) is 19.2. The van der Waals surface area contributed by atoms with Gasteiger partial charge >= 0.3 is 0 Å². The second kappa shape index (κ2) is 8.89. The average molecular weight is 388 g/mol. The highest BCUT2D eigenvalue weighted by Crippen LogP contribution is 2.21. The van der Waals surface area contributed by atoms with E-state index in [9.17, 15) is 4.39 Å². The van der Waals surface area contributed by atoms with Crippen molar-refractivity contribution in [1.82, 2.24) is 20.2 Å². The number of nitrogens with zero attached hydrogens (tertiary/aromatic N) is 4. The summed E-state index contributed by atoms with van der Waals surface area (Å²) in [5.41, 5.74) is 0.660. The van der Waals surface area contributed by atoms with Gasteiger partial charge in [-0.25, -0.2) is 9.07 Å². The van der Waals surface area contributed by atoms with E-state index in [1.165, 1.54) is 15.9 Å². The highest BCUT2D eigenvalue weighted by Gasteiger charge is 2.37. The van der Waals surface area contributed by atoms with Crippen molar-refractivity contribution in [1.29, 1.82) is 0 Å². The smallest absolute Gasteiger partial charge is 0.214 e. The lowest BCUT2D eigenvalue weighted by molar-refractivity contribution is -1.02. The summed E-state index contributed by atoms with van der Waals surface area (Å²) in [6.45, 7) is 10.2. The molecule has 0 unspecified atom stereocenters. The fourth-order valence-electron chi connectivity index (χ4n) is 4.40. The van der Waals surface area contributed by atoms with Crippen molar-refractivity contribution in [2.75, 3.05) is 39.3 Å². The van der Waals surface area contributed by atoms with E-state index < -0.39 is 0 Å². The molecule has 2 atom stereocenters. The van der Waals surface area contributed by atoms with Crippen molar-refractivity contribution in [2.45, 2.75) is 31.5 Å². The van der Waals surface area contributed by atoms with Gasteiger partial charge in [-0.3, -0.25) is 0 Å². The number of quaternary nitrogens is 2. The molecule has 2 fully saturated rings. The van der Waals surface area contributed by atoms with Crippen LogP contribution in [0.25, 0.3) is 0 Å². The maximum absolute atomic E-state index is 14.8. The Morgan fingerprint density at radius 2 is 2.11 bits per heavy atom. The number of rotatable bonds is 7. The van der Waals surface area contributed by atoms with Gasteiger partial charge in [0, 0.05) is 6.61 Å². The lowest BCUT2D eigenvalue weighted by Gasteiger charge is -2.34. The second-order valence-electron chi connectivity index (χ2n) is 7.71. The molecule has 0 saturated carbocycles. The Bertz CT molecular complexity index is 783. The van der Waals surface area contributed by atoms with E-state index >= 15 is 0 Å². The van der Waals surface area contributed by atoms with Crippen molar-refractivity contribution in [3.63, 3.8) is 0 Å². The van der Waals surface area contributed by atoms with Crippen LogP contribution in [0, 0.1) is 5.82 Å². The number of piperazine rings is 1. The number of ether oxygens (including phenoxy) is 1. The molecule has 2 saturated heterocycles. The van der Waals surface area contributed by atoms with Gasteiger partial charge in [0.05, 0.1) is 24.8 Å². The molecule has 7 nitrogen and oxygen atoms in total. The van der Waals surface area contributed by atoms with Crippen molar-refractivity contribution >= 4 is 0 Å². The lowest BCUT2D eigenvalue weighted by Crippen LogP contribution is -3.28. The summed E-state index contributed by atoms with van der Waals surface area (Å²) in [6.07, 6.45) is 4.18. The zero-order valence-corrected chi connectivity index (χ0v) is 16.2. The highest BCUT2D eigenvalue weighted by molar-refractivity contribution is 5.24. The molecular formula is C20H29FN6O+2. The van der Waals surface area contributed by atoms with Crippen LogP contribution in [0.3, 0.4) is 0 Å². The van der Waals surface area contributed by atoms with Crippen LogP contribution >= 0.6 is 0 Å². The summed E-state index contributed by atoms with van der Waals surface area (Å²) >= 11 is 0. The fraction of sp³-hybridized carbons (Fsp3) is 0.550. The SMILES string of the molecule is C=CC[NH+]1CC[NH+]([C@H](c2ccccc2F)c2nnnn2C[C@@H]2CCCO2)CC1. The second-order valence-corrected chi connectivity index (χ2v) is 7.71. The number of halogens is 1. The standard InChI is InChI=1S/C20H27FN6O/c1-2-9-25-10-12-26(13-11-25)19(17-7-3-4-8-18(17)21)20-22-23-24-27(20)15-16-6-5-14-28-16/h2-4,7-8,16,19H,1,5-6,9-15H2/p+2/t16-,19+/m0/s1. The molecule has 8 heteroatoms. The molecular weight excluding hydrogens is 359 g/mol. The van der Waals surface area contributed by atoms with Gasteiger partial charge in [-0.05, 0) is 41.5 Å². The van der Waals surface area contributed by atoms with Crippen molar-refractivity contribution in [3.05, 3.63) is 54.1 Å². The van der Waals surface area contributed by atoms with Crippen molar-refractivity contribution in [2.24, 2.45) is 0 Å². The number of nitrogens with one attached hydrogen (secondary N) is 2. The Balaban J connectivity index is 1.62. The van der Waals surface area contributed by atoms with Crippen LogP contribution in [0.15, 0.2) is 36.9 Å². The lowest BCUT2D eigenvalue weighted by atomic mass is 10.0. The molecule has 0 aliphatic carbocycles. The summed E-state index contributed by atoms with van der Waals surface area (Å²) in [7, 11) is 0. The molecule has 2 aliphatic heterocycles. The third-order valence-electron chi connectivity index (χ3n) is 5.88. The number of tetrazole rings is 1. The summed E-state index contributed by atoms with van der Waals surface area (Å²) in [4.78, 5) is 2.83. The Kier molecular flexibility index (Phi) is 6.09. The third-order valence-corrected chi connectivity index (χ3v) is 5.88. The molecule has 3 heterocycles. The minimum atomic E-state index is -0.220. The highest BCUT2D eigenvalue weighted by atomic mass is 19.1. The maximum atomic E-state index is 14.8. The Hall–Kier alpha value is -2.16. The molecule has 0 amide bonds. The summed E-state index contributed by atoms with van der Waals surface area (Å²) in [5, 5.41) is 12.5. The molecule has 28 heavy (non-hydrogen) atoms. The largest absolute Gasteiger partial charge is 0.376 e. The molecule has 1 aromatic heterocycles. The topological polar surface area (TPSA) is 61.7 Å². The van der Waals surface area contributed by atoms with Crippen LogP contribution in [0.2, 0.25) is 0 Å². The molecule has 150 valence electrons. The number of hydrogen-bond acceptors (Lipinski definition) is 4. The predicted octanol–water partition coefficient (Wildman–Crippen LogP) is -0.950. The number of aromatic nitrogens is 4. The number of benzene rings is 1. The van der Waals surface area contributed by atoms with Crippen LogP contribution < -0.4 is 9.80 Å². The first-order valence-corrected chi connectivity index (χ1v) is 10.2. The number of hydrogen-bond donors (Lipinski definition) is 2. The Morgan fingerprint density at radius 3 is 2.82 bits per heavy atom. The molecule has 0 spiro atoms. The monoisotopic (exact) mass is 388 g/mol.